The predicted molar refractivity (Wildman–Crippen MR) is 87.9 cm³/mol. The maximum Gasteiger partial charge on any atom is 0.339 e. The summed E-state index contributed by atoms with van der Waals surface area (Å²) < 4.78 is 27.9. The normalized spacial score (nSPS) is 18.6. The number of carbonyl (C=O) groups excluding carboxylic acids is 2. The number of esters is 1. The second-order valence-corrected chi connectivity index (χ2v) is 8.07. The third-order valence-electron chi connectivity index (χ3n) is 4.20. The number of hydrogen-bond acceptors (Lipinski definition) is 7. The van der Waals surface area contributed by atoms with Gasteiger partial charge in [0, 0.05) is 24.7 Å². The number of nitrogens with zero attached hydrogens (tertiary/aromatic N) is 2. The molecule has 0 aromatic heterocycles. The van der Waals surface area contributed by atoms with E-state index in [1.165, 1.54) is 37.1 Å². The topological polar surface area (TPSA) is 124 Å². The molecule has 1 aromatic rings. The lowest BCUT2D eigenvalue weighted by atomic mass is 10.1. The van der Waals surface area contributed by atoms with Gasteiger partial charge in [0.1, 0.15) is 0 Å². The molecule has 1 fully saturated rings. The van der Waals surface area contributed by atoms with E-state index in [2.05, 4.69) is 0 Å². The maximum absolute atomic E-state index is 12.1. The first-order valence-corrected chi connectivity index (χ1v) is 9.31. The SMILES string of the molecule is Cc1c(C(=O)OCC(=O)N(C)C2CCS(=O)(=O)C2)cccc1[N+](=O)[O-]. The molecule has 0 N–H and O–H groups in total. The molecular formula is C15H18N2O7S. The zero-order chi connectivity index (χ0) is 18.8. The fourth-order valence-electron chi connectivity index (χ4n) is 2.63. The molecule has 10 heteroatoms. The minimum Gasteiger partial charge on any atom is -0.452 e. The van der Waals surface area contributed by atoms with Crippen LogP contribution in [-0.4, -0.2) is 61.3 Å². The zero-order valence-corrected chi connectivity index (χ0v) is 14.6. The molecule has 1 atom stereocenters. The van der Waals surface area contributed by atoms with Crippen LogP contribution in [0.15, 0.2) is 18.2 Å². The van der Waals surface area contributed by atoms with Crippen molar-refractivity contribution in [1.82, 2.24) is 4.90 Å². The van der Waals surface area contributed by atoms with Gasteiger partial charge in [-0.1, -0.05) is 6.07 Å². The monoisotopic (exact) mass is 370 g/mol. The van der Waals surface area contributed by atoms with Gasteiger partial charge >= 0.3 is 5.97 Å². The zero-order valence-electron chi connectivity index (χ0n) is 13.8. The van der Waals surface area contributed by atoms with Gasteiger partial charge in [-0.25, -0.2) is 13.2 Å². The van der Waals surface area contributed by atoms with Crippen LogP contribution < -0.4 is 0 Å². The summed E-state index contributed by atoms with van der Waals surface area (Å²) >= 11 is 0. The molecule has 1 amide bonds. The molecule has 0 aliphatic carbocycles. The molecule has 0 spiro atoms. The third-order valence-corrected chi connectivity index (χ3v) is 5.95. The Bertz CT molecular complexity index is 819. The molecule has 1 heterocycles. The summed E-state index contributed by atoms with van der Waals surface area (Å²) in [6.07, 6.45) is 0.350. The van der Waals surface area contributed by atoms with Gasteiger partial charge in [-0.2, -0.15) is 0 Å². The summed E-state index contributed by atoms with van der Waals surface area (Å²) in [5, 5.41) is 10.9. The van der Waals surface area contributed by atoms with E-state index in [0.717, 1.165) is 0 Å². The summed E-state index contributed by atoms with van der Waals surface area (Å²) in [6.45, 7) is 0.861. The van der Waals surface area contributed by atoms with Crippen LogP contribution in [0.4, 0.5) is 5.69 Å². The Hall–Kier alpha value is -2.49. The summed E-state index contributed by atoms with van der Waals surface area (Å²) in [5.41, 5.74) is -0.0534. The average molecular weight is 370 g/mol. The van der Waals surface area contributed by atoms with Gasteiger partial charge in [-0.05, 0) is 19.4 Å². The van der Waals surface area contributed by atoms with E-state index in [4.69, 9.17) is 4.74 Å². The minimum absolute atomic E-state index is 0.00750. The summed E-state index contributed by atoms with van der Waals surface area (Å²) in [6, 6.07) is 3.57. The Labute approximate surface area is 144 Å². The minimum atomic E-state index is -3.13. The second kappa shape index (κ2) is 7.18. The number of rotatable bonds is 5. The highest BCUT2D eigenvalue weighted by molar-refractivity contribution is 7.91. The molecule has 0 bridgehead atoms. The lowest BCUT2D eigenvalue weighted by Gasteiger charge is -2.23. The Morgan fingerprint density at radius 3 is 2.64 bits per heavy atom. The number of ether oxygens (including phenoxy) is 1. The van der Waals surface area contributed by atoms with Gasteiger partial charge in [0.25, 0.3) is 11.6 Å². The molecule has 25 heavy (non-hydrogen) atoms. The quantitative estimate of drug-likeness (QED) is 0.424. The molecule has 9 nitrogen and oxygen atoms in total. The lowest BCUT2D eigenvalue weighted by molar-refractivity contribution is -0.385. The van der Waals surface area contributed by atoms with Crippen molar-refractivity contribution in [2.45, 2.75) is 19.4 Å². The molecule has 0 saturated carbocycles. The lowest BCUT2D eigenvalue weighted by Crippen LogP contribution is -2.40. The van der Waals surface area contributed by atoms with Crippen molar-refractivity contribution in [3.05, 3.63) is 39.4 Å². The molecule has 1 aliphatic rings. The number of nitro groups is 1. The van der Waals surface area contributed by atoms with Crippen LogP contribution in [0.2, 0.25) is 0 Å². The third kappa shape index (κ3) is 4.32. The highest BCUT2D eigenvalue weighted by Crippen LogP contribution is 2.22. The molecule has 1 saturated heterocycles. The van der Waals surface area contributed by atoms with Crippen LogP contribution in [0, 0.1) is 17.0 Å². The van der Waals surface area contributed by atoms with Gasteiger partial charge in [0.05, 0.1) is 22.0 Å². The van der Waals surface area contributed by atoms with E-state index in [9.17, 15) is 28.1 Å². The molecular weight excluding hydrogens is 352 g/mol. The molecule has 0 radical (unpaired) electrons. The largest absolute Gasteiger partial charge is 0.452 e. The van der Waals surface area contributed by atoms with Gasteiger partial charge in [0.2, 0.25) is 0 Å². The summed E-state index contributed by atoms with van der Waals surface area (Å²) in [5.74, 6) is -1.45. The number of hydrogen-bond donors (Lipinski definition) is 0. The smallest absolute Gasteiger partial charge is 0.339 e. The first-order valence-electron chi connectivity index (χ1n) is 7.49. The summed E-state index contributed by atoms with van der Waals surface area (Å²) in [7, 11) is -1.67. The van der Waals surface area contributed by atoms with Crippen LogP contribution in [0.25, 0.3) is 0 Å². The van der Waals surface area contributed by atoms with E-state index in [0.29, 0.717) is 6.42 Å². The fraction of sp³-hybridized carbons (Fsp3) is 0.467. The van der Waals surface area contributed by atoms with Crippen molar-refractivity contribution in [2.75, 3.05) is 25.2 Å². The fourth-order valence-corrected chi connectivity index (χ4v) is 4.41. The van der Waals surface area contributed by atoms with Gasteiger partial charge in [-0.15, -0.1) is 0 Å². The molecule has 136 valence electrons. The van der Waals surface area contributed by atoms with E-state index in [-0.39, 0.29) is 28.3 Å². The first kappa shape index (κ1) is 18.8. The van der Waals surface area contributed by atoms with E-state index >= 15 is 0 Å². The Kier molecular flexibility index (Phi) is 5.41. The van der Waals surface area contributed by atoms with Gasteiger partial charge in [0.15, 0.2) is 16.4 Å². The van der Waals surface area contributed by atoms with Crippen LogP contribution in [0.1, 0.15) is 22.3 Å². The van der Waals surface area contributed by atoms with Gasteiger partial charge in [-0.3, -0.25) is 14.9 Å². The van der Waals surface area contributed by atoms with Crippen molar-refractivity contribution < 1.29 is 27.7 Å². The van der Waals surface area contributed by atoms with Crippen molar-refractivity contribution in [1.29, 1.82) is 0 Å². The standard InChI is InChI=1S/C15H18N2O7S/c1-10-12(4-3-5-13(10)17(20)21)15(19)24-8-14(18)16(2)11-6-7-25(22,23)9-11/h3-5,11H,6-9H2,1-2H3. The number of nitro benzene ring substituents is 1. The maximum atomic E-state index is 12.1. The highest BCUT2D eigenvalue weighted by atomic mass is 32.2. The molecule has 2 rings (SSSR count). The number of likely N-dealkylation sites (N-methyl/N-ethyl adjacent to an activating group) is 1. The van der Waals surface area contributed by atoms with Crippen molar-refractivity contribution >= 4 is 27.4 Å². The van der Waals surface area contributed by atoms with Crippen molar-refractivity contribution in [3.8, 4) is 0 Å². The molecule has 1 aromatic carbocycles. The average Bonchev–Trinajstić information content (AvgIpc) is 2.91. The van der Waals surface area contributed by atoms with E-state index in [1.54, 1.807) is 0 Å². The second-order valence-electron chi connectivity index (χ2n) is 5.84. The number of carbonyl (C=O) groups is 2. The highest BCUT2D eigenvalue weighted by Gasteiger charge is 2.33. The first-order chi connectivity index (χ1) is 11.6. The number of sulfone groups is 1. The molecule has 1 aliphatic heterocycles. The van der Waals surface area contributed by atoms with Crippen molar-refractivity contribution in [2.24, 2.45) is 0 Å². The number of benzene rings is 1. The van der Waals surface area contributed by atoms with Crippen LogP contribution in [0.3, 0.4) is 0 Å². The van der Waals surface area contributed by atoms with Gasteiger partial charge < -0.3 is 9.64 Å². The molecule has 1 unspecified atom stereocenters. The summed E-state index contributed by atoms with van der Waals surface area (Å²) in [4.78, 5) is 35.7. The predicted octanol–water partition coefficient (Wildman–Crippen LogP) is 0.706. The Morgan fingerprint density at radius 2 is 2.08 bits per heavy atom. The van der Waals surface area contributed by atoms with Crippen LogP contribution in [-0.2, 0) is 19.4 Å². The Balaban J connectivity index is 1.99. The van der Waals surface area contributed by atoms with E-state index in [1.807, 2.05) is 0 Å². The van der Waals surface area contributed by atoms with E-state index < -0.39 is 39.3 Å². The Morgan fingerprint density at radius 1 is 1.40 bits per heavy atom. The number of amides is 1. The van der Waals surface area contributed by atoms with Crippen LogP contribution in [0.5, 0.6) is 0 Å². The van der Waals surface area contributed by atoms with Crippen LogP contribution >= 0.6 is 0 Å². The van der Waals surface area contributed by atoms with Crippen molar-refractivity contribution in [3.63, 3.8) is 0 Å².